The molecule has 0 bridgehead atoms. The average Bonchev–Trinajstić information content (AvgIpc) is 2.48. The third kappa shape index (κ3) is 4.76. The molecule has 2 aliphatic rings. The van der Waals surface area contributed by atoms with E-state index < -0.39 is 0 Å². The Morgan fingerprint density at radius 3 is 2.30 bits per heavy atom. The minimum absolute atomic E-state index is 0.142. The van der Waals surface area contributed by atoms with E-state index in [0.717, 1.165) is 44.4 Å². The molecule has 0 atom stereocenters. The number of unbranched alkanes of at least 4 members (excludes halogenated alkanes) is 1. The predicted molar refractivity (Wildman–Crippen MR) is 81.4 cm³/mol. The van der Waals surface area contributed by atoms with Crippen molar-refractivity contribution in [3.63, 3.8) is 0 Å². The Balaban J connectivity index is 1.66. The maximum absolute atomic E-state index is 12.3. The van der Waals surface area contributed by atoms with Crippen molar-refractivity contribution in [2.75, 3.05) is 0 Å². The van der Waals surface area contributed by atoms with Gasteiger partial charge in [0.25, 0.3) is 0 Å². The third-order valence-corrected chi connectivity index (χ3v) is 5.23. The third-order valence-electron chi connectivity index (χ3n) is 5.23. The van der Waals surface area contributed by atoms with Crippen LogP contribution in [0.25, 0.3) is 0 Å². The minimum Gasteiger partial charge on any atom is -0.393 e. The van der Waals surface area contributed by atoms with E-state index in [0.29, 0.717) is 6.04 Å². The van der Waals surface area contributed by atoms with Crippen LogP contribution in [0, 0.1) is 11.8 Å². The molecule has 2 rings (SSSR count). The lowest BCUT2D eigenvalue weighted by molar-refractivity contribution is -0.127. The fourth-order valence-electron chi connectivity index (χ4n) is 3.75. The predicted octanol–water partition coefficient (Wildman–Crippen LogP) is 3.40. The summed E-state index contributed by atoms with van der Waals surface area (Å²) < 4.78 is 0. The van der Waals surface area contributed by atoms with Gasteiger partial charge in [-0.25, -0.2) is 0 Å². The van der Waals surface area contributed by atoms with Crippen LogP contribution in [0.1, 0.15) is 77.6 Å². The highest BCUT2D eigenvalue weighted by Crippen LogP contribution is 2.32. The summed E-state index contributed by atoms with van der Waals surface area (Å²) in [7, 11) is 0. The Hall–Kier alpha value is -0.570. The lowest BCUT2D eigenvalue weighted by Gasteiger charge is -2.31. The molecule has 0 aliphatic heterocycles. The Kier molecular flexibility index (Phi) is 6.34. The molecule has 3 heteroatoms. The quantitative estimate of drug-likeness (QED) is 0.811. The van der Waals surface area contributed by atoms with E-state index in [9.17, 15) is 9.90 Å². The first kappa shape index (κ1) is 15.8. The van der Waals surface area contributed by atoms with Gasteiger partial charge < -0.3 is 10.4 Å². The number of aliphatic hydroxyl groups is 1. The molecule has 0 unspecified atom stereocenters. The van der Waals surface area contributed by atoms with E-state index in [1.54, 1.807) is 0 Å². The van der Waals surface area contributed by atoms with Crippen LogP contribution in [-0.2, 0) is 4.79 Å². The summed E-state index contributed by atoms with van der Waals surface area (Å²) in [5.41, 5.74) is 0. The second-order valence-electron chi connectivity index (χ2n) is 6.87. The Labute approximate surface area is 123 Å². The lowest BCUT2D eigenvalue weighted by Crippen LogP contribution is -2.42. The second-order valence-corrected chi connectivity index (χ2v) is 6.87. The zero-order chi connectivity index (χ0) is 14.4. The van der Waals surface area contributed by atoms with Gasteiger partial charge in [-0.2, -0.15) is 0 Å². The molecule has 2 fully saturated rings. The van der Waals surface area contributed by atoms with E-state index in [1.165, 1.54) is 32.1 Å². The van der Waals surface area contributed by atoms with Crippen molar-refractivity contribution in [2.24, 2.45) is 11.8 Å². The van der Waals surface area contributed by atoms with Crippen molar-refractivity contribution in [2.45, 2.75) is 89.7 Å². The average molecular weight is 281 g/mol. The van der Waals surface area contributed by atoms with Gasteiger partial charge in [0, 0.05) is 12.0 Å². The number of aliphatic hydroxyl groups excluding tert-OH is 1. The molecule has 2 N–H and O–H groups in total. The first-order valence-electron chi connectivity index (χ1n) is 8.67. The number of amides is 1. The molecule has 0 heterocycles. The summed E-state index contributed by atoms with van der Waals surface area (Å²) in [5, 5.41) is 12.7. The molecule has 1 amide bonds. The van der Waals surface area contributed by atoms with E-state index in [4.69, 9.17) is 0 Å². The van der Waals surface area contributed by atoms with Crippen LogP contribution in [0.2, 0.25) is 0 Å². The topological polar surface area (TPSA) is 49.3 Å². The van der Waals surface area contributed by atoms with Crippen molar-refractivity contribution < 1.29 is 9.90 Å². The summed E-state index contributed by atoms with van der Waals surface area (Å²) in [4.78, 5) is 12.3. The van der Waals surface area contributed by atoms with Gasteiger partial charge in [0.1, 0.15) is 0 Å². The molecular formula is C17H31NO2. The van der Waals surface area contributed by atoms with Crippen LogP contribution in [0.15, 0.2) is 0 Å². The highest BCUT2D eigenvalue weighted by Gasteiger charge is 2.28. The summed E-state index contributed by atoms with van der Waals surface area (Å²) in [5.74, 6) is 1.39. The maximum Gasteiger partial charge on any atom is 0.223 e. The summed E-state index contributed by atoms with van der Waals surface area (Å²) >= 11 is 0. The standard InChI is InChI=1S/C17H31NO2/c1-2-3-4-13-5-7-14(8-6-13)17(20)18-15-9-11-16(19)12-10-15/h13-16,19H,2-12H2,1H3,(H,18,20). The zero-order valence-corrected chi connectivity index (χ0v) is 12.9. The molecule has 0 aromatic carbocycles. The molecule has 0 radical (unpaired) electrons. The van der Waals surface area contributed by atoms with Gasteiger partial charge in [0.2, 0.25) is 5.91 Å². The maximum atomic E-state index is 12.3. The van der Waals surface area contributed by atoms with Crippen LogP contribution in [0.3, 0.4) is 0 Å². The molecule has 2 saturated carbocycles. The molecule has 0 aromatic heterocycles. The molecule has 3 nitrogen and oxygen atoms in total. The summed E-state index contributed by atoms with van der Waals surface area (Å²) in [6, 6.07) is 0.309. The van der Waals surface area contributed by atoms with E-state index >= 15 is 0 Å². The van der Waals surface area contributed by atoms with Crippen molar-refractivity contribution in [1.82, 2.24) is 5.32 Å². The number of hydrogen-bond donors (Lipinski definition) is 2. The van der Waals surface area contributed by atoms with E-state index in [1.807, 2.05) is 0 Å². The van der Waals surface area contributed by atoms with Gasteiger partial charge in [-0.05, 0) is 57.3 Å². The fourth-order valence-corrected chi connectivity index (χ4v) is 3.75. The SMILES string of the molecule is CCCCC1CCC(C(=O)NC2CCC(O)CC2)CC1. The molecule has 20 heavy (non-hydrogen) atoms. The second kappa shape index (κ2) is 8.02. The van der Waals surface area contributed by atoms with Gasteiger partial charge >= 0.3 is 0 Å². The van der Waals surface area contributed by atoms with Crippen LogP contribution in [-0.4, -0.2) is 23.2 Å². The lowest BCUT2D eigenvalue weighted by atomic mass is 9.79. The molecule has 0 aromatic rings. The molecule has 2 aliphatic carbocycles. The van der Waals surface area contributed by atoms with Crippen molar-refractivity contribution in [3.8, 4) is 0 Å². The van der Waals surface area contributed by atoms with Gasteiger partial charge in [-0.1, -0.05) is 26.2 Å². The Bertz CT molecular complexity index is 289. The molecule has 0 spiro atoms. The van der Waals surface area contributed by atoms with Gasteiger partial charge in [-0.15, -0.1) is 0 Å². The normalized spacial score (nSPS) is 34.7. The van der Waals surface area contributed by atoms with Crippen LogP contribution in [0.5, 0.6) is 0 Å². The van der Waals surface area contributed by atoms with E-state index in [-0.39, 0.29) is 17.9 Å². The van der Waals surface area contributed by atoms with Gasteiger partial charge in [0.15, 0.2) is 0 Å². The van der Waals surface area contributed by atoms with Crippen LogP contribution >= 0.6 is 0 Å². The molecule has 0 saturated heterocycles. The van der Waals surface area contributed by atoms with Crippen molar-refractivity contribution in [1.29, 1.82) is 0 Å². The number of rotatable bonds is 5. The number of hydrogen-bond acceptors (Lipinski definition) is 2. The number of carbonyl (C=O) groups excluding carboxylic acids is 1. The summed E-state index contributed by atoms with van der Waals surface area (Å²) in [6.45, 7) is 2.25. The van der Waals surface area contributed by atoms with E-state index in [2.05, 4.69) is 12.2 Å². The highest BCUT2D eigenvalue weighted by atomic mass is 16.3. The van der Waals surface area contributed by atoms with Crippen molar-refractivity contribution >= 4 is 5.91 Å². The van der Waals surface area contributed by atoms with Crippen LogP contribution in [0.4, 0.5) is 0 Å². The summed E-state index contributed by atoms with van der Waals surface area (Å²) in [6.07, 6.45) is 12.0. The zero-order valence-electron chi connectivity index (χ0n) is 12.9. The smallest absolute Gasteiger partial charge is 0.223 e. The van der Waals surface area contributed by atoms with Crippen LogP contribution < -0.4 is 5.32 Å². The fraction of sp³-hybridized carbons (Fsp3) is 0.941. The number of carbonyl (C=O) groups is 1. The molecular weight excluding hydrogens is 250 g/mol. The van der Waals surface area contributed by atoms with Gasteiger partial charge in [-0.3, -0.25) is 4.79 Å². The first-order valence-corrected chi connectivity index (χ1v) is 8.67. The molecule has 116 valence electrons. The number of nitrogens with one attached hydrogen (secondary N) is 1. The Morgan fingerprint density at radius 2 is 1.70 bits per heavy atom. The Morgan fingerprint density at radius 1 is 1.05 bits per heavy atom. The highest BCUT2D eigenvalue weighted by molar-refractivity contribution is 5.79. The van der Waals surface area contributed by atoms with Gasteiger partial charge in [0.05, 0.1) is 6.10 Å². The largest absolute Gasteiger partial charge is 0.393 e. The minimum atomic E-state index is -0.142. The monoisotopic (exact) mass is 281 g/mol. The first-order chi connectivity index (χ1) is 9.69. The van der Waals surface area contributed by atoms with Crippen molar-refractivity contribution in [3.05, 3.63) is 0 Å².